The van der Waals surface area contributed by atoms with E-state index in [0.29, 0.717) is 17.6 Å². The number of nitrogens with one attached hydrogen (secondary N) is 2. The summed E-state index contributed by atoms with van der Waals surface area (Å²) in [6, 6.07) is 8.14. The van der Waals surface area contributed by atoms with Crippen molar-refractivity contribution in [3.8, 4) is 0 Å². The highest BCUT2D eigenvalue weighted by molar-refractivity contribution is 7.15. The second-order valence-electron chi connectivity index (χ2n) is 4.79. The van der Waals surface area contributed by atoms with E-state index in [1.165, 1.54) is 22.5 Å². The van der Waals surface area contributed by atoms with Gasteiger partial charge in [-0.1, -0.05) is 42.5 Å². The third-order valence-corrected chi connectivity index (χ3v) is 4.44. The predicted octanol–water partition coefficient (Wildman–Crippen LogP) is 2.56. The maximum Gasteiger partial charge on any atom is 0.321 e. The van der Waals surface area contributed by atoms with Crippen LogP contribution in [0.1, 0.15) is 29.0 Å². The molecule has 1 aromatic carbocycles. The monoisotopic (exact) mass is 288 g/mol. The molecule has 1 aliphatic carbocycles. The van der Waals surface area contributed by atoms with Crippen molar-refractivity contribution in [3.05, 3.63) is 40.4 Å². The molecule has 1 atom stereocenters. The molecule has 0 saturated carbocycles. The van der Waals surface area contributed by atoms with Crippen LogP contribution in [0.25, 0.3) is 0 Å². The molecule has 0 spiro atoms. The van der Waals surface area contributed by atoms with Gasteiger partial charge in [0.1, 0.15) is 5.01 Å². The van der Waals surface area contributed by atoms with Crippen molar-refractivity contribution in [2.75, 3.05) is 11.9 Å². The van der Waals surface area contributed by atoms with Crippen LogP contribution in [0.4, 0.5) is 9.93 Å². The molecule has 2 amide bonds. The standard InChI is InChI=1S/C14H16N4OS/c1-2-12-17-18-14(20-12)16-13(19)15-8-10-7-9-5-3-4-6-11(9)10/h3-6,10H,2,7-8H2,1H3,(H2,15,16,18,19). The molecule has 104 valence electrons. The van der Waals surface area contributed by atoms with Crippen molar-refractivity contribution >= 4 is 22.5 Å². The van der Waals surface area contributed by atoms with Crippen LogP contribution in [0, 0.1) is 0 Å². The van der Waals surface area contributed by atoms with Gasteiger partial charge < -0.3 is 5.32 Å². The number of fused-ring (bicyclic) bond motifs is 1. The summed E-state index contributed by atoms with van der Waals surface area (Å²) in [6.45, 7) is 2.67. The molecule has 0 saturated heterocycles. The predicted molar refractivity (Wildman–Crippen MR) is 79.2 cm³/mol. The van der Waals surface area contributed by atoms with Gasteiger partial charge in [0, 0.05) is 12.5 Å². The van der Waals surface area contributed by atoms with Crippen LogP contribution in [-0.2, 0) is 12.8 Å². The van der Waals surface area contributed by atoms with Crippen molar-refractivity contribution < 1.29 is 4.79 Å². The summed E-state index contributed by atoms with van der Waals surface area (Å²) in [4.78, 5) is 11.8. The first-order chi connectivity index (χ1) is 9.76. The van der Waals surface area contributed by atoms with E-state index in [1.807, 2.05) is 13.0 Å². The van der Waals surface area contributed by atoms with Crippen molar-refractivity contribution in [3.63, 3.8) is 0 Å². The lowest BCUT2D eigenvalue weighted by Gasteiger charge is -2.30. The summed E-state index contributed by atoms with van der Waals surface area (Å²) in [6.07, 6.45) is 1.87. The number of hydrogen-bond acceptors (Lipinski definition) is 4. The minimum absolute atomic E-state index is 0.215. The number of carbonyl (C=O) groups excluding carboxylic acids is 1. The van der Waals surface area contributed by atoms with E-state index in [0.717, 1.165) is 17.8 Å². The lowest BCUT2D eigenvalue weighted by Crippen LogP contribution is -2.35. The SMILES string of the molecule is CCc1nnc(NC(=O)NCC2Cc3ccccc32)s1. The number of benzene rings is 1. The van der Waals surface area contributed by atoms with Gasteiger partial charge in [-0.15, -0.1) is 10.2 Å². The lowest BCUT2D eigenvalue weighted by atomic mass is 9.78. The average Bonchev–Trinajstić information content (AvgIpc) is 2.87. The fourth-order valence-electron chi connectivity index (χ4n) is 2.35. The maximum atomic E-state index is 11.8. The van der Waals surface area contributed by atoms with E-state index < -0.39 is 0 Å². The molecule has 0 radical (unpaired) electrons. The van der Waals surface area contributed by atoms with Gasteiger partial charge in [0.05, 0.1) is 0 Å². The first-order valence-corrected chi connectivity index (χ1v) is 7.53. The molecule has 0 bridgehead atoms. The van der Waals surface area contributed by atoms with Crippen molar-refractivity contribution in [1.29, 1.82) is 0 Å². The van der Waals surface area contributed by atoms with Crippen LogP contribution in [-0.4, -0.2) is 22.8 Å². The Morgan fingerprint density at radius 3 is 3.00 bits per heavy atom. The van der Waals surface area contributed by atoms with Crippen LogP contribution in [0.2, 0.25) is 0 Å². The number of carbonyl (C=O) groups is 1. The summed E-state index contributed by atoms with van der Waals surface area (Å²) < 4.78 is 0. The minimum atomic E-state index is -0.215. The maximum absolute atomic E-state index is 11.8. The molecule has 5 nitrogen and oxygen atoms in total. The van der Waals surface area contributed by atoms with Gasteiger partial charge in [-0.3, -0.25) is 5.32 Å². The Balaban J connectivity index is 1.49. The Morgan fingerprint density at radius 1 is 1.40 bits per heavy atom. The number of amides is 2. The van der Waals surface area contributed by atoms with Gasteiger partial charge in [-0.05, 0) is 24.0 Å². The Hall–Kier alpha value is -1.95. The Morgan fingerprint density at radius 2 is 2.25 bits per heavy atom. The molecular weight excluding hydrogens is 272 g/mol. The van der Waals surface area contributed by atoms with Crippen LogP contribution in [0.3, 0.4) is 0 Å². The smallest absolute Gasteiger partial charge is 0.321 e. The third-order valence-electron chi connectivity index (χ3n) is 3.46. The number of urea groups is 1. The quantitative estimate of drug-likeness (QED) is 0.908. The molecule has 1 unspecified atom stereocenters. The first kappa shape index (κ1) is 13.1. The first-order valence-electron chi connectivity index (χ1n) is 6.71. The third kappa shape index (κ3) is 2.65. The normalized spacial score (nSPS) is 16.1. The topological polar surface area (TPSA) is 66.9 Å². The zero-order valence-electron chi connectivity index (χ0n) is 11.2. The number of nitrogens with zero attached hydrogens (tertiary/aromatic N) is 2. The second kappa shape index (κ2) is 5.58. The van der Waals surface area contributed by atoms with Crippen LogP contribution < -0.4 is 10.6 Å². The second-order valence-corrected chi connectivity index (χ2v) is 5.85. The molecule has 1 aliphatic rings. The van der Waals surface area contributed by atoms with E-state index in [2.05, 4.69) is 39.0 Å². The molecule has 20 heavy (non-hydrogen) atoms. The average molecular weight is 288 g/mol. The molecular formula is C14H16N4OS. The number of hydrogen-bond donors (Lipinski definition) is 2. The molecule has 1 aromatic heterocycles. The lowest BCUT2D eigenvalue weighted by molar-refractivity contribution is 0.251. The van der Waals surface area contributed by atoms with Gasteiger partial charge >= 0.3 is 6.03 Å². The molecule has 1 heterocycles. The summed E-state index contributed by atoms with van der Waals surface area (Å²) in [5.41, 5.74) is 2.73. The number of rotatable bonds is 4. The largest absolute Gasteiger partial charge is 0.337 e. The number of anilines is 1. The molecule has 0 aliphatic heterocycles. The van der Waals surface area contributed by atoms with Gasteiger partial charge in [0.25, 0.3) is 0 Å². The highest BCUT2D eigenvalue weighted by atomic mass is 32.1. The van der Waals surface area contributed by atoms with E-state index in [9.17, 15) is 4.79 Å². The summed E-state index contributed by atoms with van der Waals surface area (Å²) in [5, 5.41) is 15.0. The Labute approximate surface area is 121 Å². The molecule has 2 N–H and O–H groups in total. The summed E-state index contributed by atoms with van der Waals surface area (Å²) >= 11 is 1.41. The fourth-order valence-corrected chi connectivity index (χ4v) is 3.02. The van der Waals surface area contributed by atoms with Gasteiger partial charge in [0.15, 0.2) is 0 Å². The Bertz CT molecular complexity index is 625. The summed E-state index contributed by atoms with van der Waals surface area (Å²) in [5.74, 6) is 0.428. The van der Waals surface area contributed by atoms with E-state index in [-0.39, 0.29) is 6.03 Å². The highest BCUT2D eigenvalue weighted by Gasteiger charge is 2.25. The highest BCUT2D eigenvalue weighted by Crippen LogP contribution is 2.33. The van der Waals surface area contributed by atoms with Gasteiger partial charge in [-0.25, -0.2) is 4.79 Å². The van der Waals surface area contributed by atoms with Crippen LogP contribution >= 0.6 is 11.3 Å². The van der Waals surface area contributed by atoms with Crippen LogP contribution in [0.5, 0.6) is 0 Å². The number of aromatic nitrogens is 2. The van der Waals surface area contributed by atoms with Crippen molar-refractivity contribution in [1.82, 2.24) is 15.5 Å². The van der Waals surface area contributed by atoms with Crippen molar-refractivity contribution in [2.45, 2.75) is 25.7 Å². The number of aryl methyl sites for hydroxylation is 1. The minimum Gasteiger partial charge on any atom is -0.337 e. The molecule has 0 fully saturated rings. The van der Waals surface area contributed by atoms with Crippen LogP contribution in [0.15, 0.2) is 24.3 Å². The fraction of sp³-hybridized carbons (Fsp3) is 0.357. The molecule has 3 rings (SSSR count). The van der Waals surface area contributed by atoms with E-state index >= 15 is 0 Å². The van der Waals surface area contributed by atoms with E-state index in [4.69, 9.17) is 0 Å². The summed E-state index contributed by atoms with van der Waals surface area (Å²) in [7, 11) is 0. The zero-order valence-corrected chi connectivity index (χ0v) is 12.0. The zero-order chi connectivity index (χ0) is 13.9. The Kier molecular flexibility index (Phi) is 3.64. The van der Waals surface area contributed by atoms with Gasteiger partial charge in [0.2, 0.25) is 5.13 Å². The molecule has 6 heteroatoms. The molecule has 2 aromatic rings. The van der Waals surface area contributed by atoms with E-state index in [1.54, 1.807) is 0 Å². The van der Waals surface area contributed by atoms with Crippen molar-refractivity contribution in [2.24, 2.45) is 0 Å². The van der Waals surface area contributed by atoms with Gasteiger partial charge in [-0.2, -0.15) is 0 Å².